The maximum atomic E-state index is 6.09. The number of benzene rings is 2. The van der Waals surface area contributed by atoms with Gasteiger partial charge in [-0.15, -0.1) is 0 Å². The van der Waals surface area contributed by atoms with E-state index in [1.807, 2.05) is 42.5 Å². The van der Waals surface area contributed by atoms with Gasteiger partial charge in [0.2, 0.25) is 11.7 Å². The molecular weight excluding hydrogens is 398 g/mol. The summed E-state index contributed by atoms with van der Waals surface area (Å²) in [5, 5.41) is 5.98. The molecule has 0 bridgehead atoms. The van der Waals surface area contributed by atoms with Crippen LogP contribution in [0.25, 0.3) is 22.3 Å². The van der Waals surface area contributed by atoms with Gasteiger partial charge < -0.3 is 9.42 Å². The van der Waals surface area contributed by atoms with E-state index in [-0.39, 0.29) is 5.41 Å². The smallest absolute Gasteiger partial charge is 0.230 e. The minimum absolute atomic E-state index is 0.275. The highest BCUT2D eigenvalue weighted by atomic mass is 35.5. The summed E-state index contributed by atoms with van der Waals surface area (Å²) in [6, 6.07) is 15.8. The van der Waals surface area contributed by atoms with Crippen LogP contribution in [0.2, 0.25) is 5.02 Å². The highest BCUT2D eigenvalue weighted by Gasteiger charge is 2.58. The number of fused-ring (bicyclic) bond motifs is 1. The van der Waals surface area contributed by atoms with Crippen LogP contribution in [0, 0.1) is 5.41 Å². The van der Waals surface area contributed by atoms with E-state index in [2.05, 4.69) is 31.1 Å². The van der Waals surface area contributed by atoms with Crippen LogP contribution in [0.15, 0.2) is 59.4 Å². The van der Waals surface area contributed by atoms with Gasteiger partial charge in [-0.25, -0.2) is 9.97 Å². The zero-order chi connectivity index (χ0) is 20.1. The Labute approximate surface area is 178 Å². The minimum atomic E-state index is 0.275. The molecule has 1 atom stereocenters. The molecule has 2 aromatic carbocycles. The molecule has 0 radical (unpaired) electrons. The lowest BCUT2D eigenvalue weighted by atomic mass is 9.90. The molecule has 1 aliphatic heterocycles. The number of hydrogen-bond acceptors (Lipinski definition) is 6. The second-order valence-corrected chi connectivity index (χ2v) is 8.72. The van der Waals surface area contributed by atoms with Gasteiger partial charge >= 0.3 is 0 Å². The van der Waals surface area contributed by atoms with E-state index < -0.39 is 0 Å². The fourth-order valence-electron chi connectivity index (χ4n) is 4.78. The normalized spacial score (nSPS) is 20.0. The van der Waals surface area contributed by atoms with Crippen molar-refractivity contribution in [2.45, 2.75) is 25.2 Å². The van der Waals surface area contributed by atoms with Crippen LogP contribution in [0.4, 0.5) is 5.82 Å². The lowest BCUT2D eigenvalue weighted by Gasteiger charge is -2.33. The number of rotatable bonds is 3. The summed E-state index contributed by atoms with van der Waals surface area (Å²) in [6.45, 7) is 1.96. The van der Waals surface area contributed by atoms with E-state index in [1.54, 1.807) is 6.33 Å². The van der Waals surface area contributed by atoms with E-state index in [0.29, 0.717) is 16.8 Å². The van der Waals surface area contributed by atoms with Gasteiger partial charge in [-0.2, -0.15) is 4.98 Å². The lowest BCUT2D eigenvalue weighted by Crippen LogP contribution is -2.35. The third-order valence-corrected chi connectivity index (χ3v) is 6.83. The third-order valence-electron chi connectivity index (χ3n) is 6.59. The molecule has 3 heterocycles. The van der Waals surface area contributed by atoms with Crippen molar-refractivity contribution in [2.24, 2.45) is 5.41 Å². The predicted molar refractivity (Wildman–Crippen MR) is 116 cm³/mol. The molecule has 2 fully saturated rings. The molecule has 2 aliphatic rings. The molecule has 150 valence electrons. The second-order valence-electron chi connectivity index (χ2n) is 8.29. The van der Waals surface area contributed by atoms with Crippen LogP contribution in [-0.4, -0.2) is 33.2 Å². The molecule has 6 rings (SSSR count). The zero-order valence-corrected chi connectivity index (χ0v) is 17.1. The molecule has 1 aliphatic carbocycles. The summed E-state index contributed by atoms with van der Waals surface area (Å²) >= 11 is 6.09. The number of hydrogen-bond donors (Lipinski definition) is 0. The minimum Gasteiger partial charge on any atom is -0.356 e. The molecule has 30 heavy (non-hydrogen) atoms. The van der Waals surface area contributed by atoms with Gasteiger partial charge in [-0.1, -0.05) is 41.0 Å². The monoisotopic (exact) mass is 417 g/mol. The standard InChI is InChI=1S/C23H20ClN5O/c24-16-5-3-4-15(12-16)20-27-22(30-28-20)18-13-23(18)8-10-29(11-9-23)21-17-6-1-2-7-19(17)25-14-26-21/h1-7,12,14,18H,8-11,13H2/t18-/m0/s1. The molecule has 2 aromatic heterocycles. The number of anilines is 1. The Morgan fingerprint density at radius 3 is 2.77 bits per heavy atom. The van der Waals surface area contributed by atoms with Crippen molar-refractivity contribution < 1.29 is 4.52 Å². The summed E-state index contributed by atoms with van der Waals surface area (Å²) in [4.78, 5) is 16.0. The zero-order valence-electron chi connectivity index (χ0n) is 16.3. The van der Waals surface area contributed by atoms with Crippen molar-refractivity contribution >= 4 is 28.3 Å². The first-order valence-electron chi connectivity index (χ1n) is 10.3. The Kier molecular flexibility index (Phi) is 4.03. The molecule has 0 N–H and O–H groups in total. The average molecular weight is 418 g/mol. The topological polar surface area (TPSA) is 67.9 Å². The second kappa shape index (κ2) is 6.77. The van der Waals surface area contributed by atoms with E-state index in [4.69, 9.17) is 16.1 Å². The van der Waals surface area contributed by atoms with Crippen molar-refractivity contribution in [3.63, 3.8) is 0 Å². The van der Waals surface area contributed by atoms with Crippen LogP contribution in [0.3, 0.4) is 0 Å². The van der Waals surface area contributed by atoms with Gasteiger partial charge in [0.05, 0.1) is 5.52 Å². The molecule has 1 saturated heterocycles. The number of aromatic nitrogens is 4. The van der Waals surface area contributed by atoms with Gasteiger partial charge in [0.15, 0.2) is 0 Å². The Morgan fingerprint density at radius 2 is 1.90 bits per heavy atom. The maximum absolute atomic E-state index is 6.09. The summed E-state index contributed by atoms with van der Waals surface area (Å²) in [5.74, 6) is 2.75. The number of nitrogens with zero attached hydrogens (tertiary/aromatic N) is 5. The maximum Gasteiger partial charge on any atom is 0.230 e. The first-order chi connectivity index (χ1) is 14.7. The molecule has 4 aromatic rings. The first-order valence-corrected chi connectivity index (χ1v) is 10.6. The van der Waals surface area contributed by atoms with Crippen molar-refractivity contribution in [1.29, 1.82) is 0 Å². The van der Waals surface area contributed by atoms with Crippen molar-refractivity contribution in [1.82, 2.24) is 20.1 Å². The van der Waals surface area contributed by atoms with Gasteiger partial charge in [-0.05, 0) is 48.9 Å². The van der Waals surface area contributed by atoms with Crippen LogP contribution < -0.4 is 4.90 Å². The van der Waals surface area contributed by atoms with Crippen molar-refractivity contribution in [3.8, 4) is 11.4 Å². The van der Waals surface area contributed by atoms with E-state index >= 15 is 0 Å². The van der Waals surface area contributed by atoms with E-state index in [1.165, 1.54) is 0 Å². The Hall–Kier alpha value is -2.99. The fourth-order valence-corrected chi connectivity index (χ4v) is 4.97. The van der Waals surface area contributed by atoms with E-state index in [9.17, 15) is 0 Å². The summed E-state index contributed by atoms with van der Waals surface area (Å²) in [6.07, 6.45) is 4.98. The SMILES string of the molecule is Clc1cccc(-c2noc([C@@H]3CC34CCN(c3ncnc5ccccc35)CC4)n2)c1. The highest BCUT2D eigenvalue weighted by Crippen LogP contribution is 2.64. The van der Waals surface area contributed by atoms with Crippen LogP contribution in [-0.2, 0) is 0 Å². The largest absolute Gasteiger partial charge is 0.356 e. The lowest BCUT2D eigenvalue weighted by molar-refractivity contribution is 0.326. The fraction of sp³-hybridized carbons (Fsp3) is 0.304. The van der Waals surface area contributed by atoms with Gasteiger partial charge in [0, 0.05) is 35.0 Å². The molecule has 0 unspecified atom stereocenters. The average Bonchev–Trinajstić information content (AvgIpc) is 3.25. The molecule has 1 spiro atoms. The summed E-state index contributed by atoms with van der Waals surface area (Å²) in [7, 11) is 0. The van der Waals surface area contributed by atoms with Gasteiger partial charge in [0.25, 0.3) is 0 Å². The Bertz CT molecular complexity index is 1230. The predicted octanol–water partition coefficient (Wildman–Crippen LogP) is 5.11. The Balaban J connectivity index is 1.18. The molecule has 1 saturated carbocycles. The van der Waals surface area contributed by atoms with Crippen molar-refractivity contribution in [3.05, 3.63) is 65.8 Å². The summed E-state index contributed by atoms with van der Waals surface area (Å²) in [5.41, 5.74) is 2.15. The number of para-hydroxylation sites is 1. The number of piperidine rings is 1. The van der Waals surface area contributed by atoms with Crippen LogP contribution >= 0.6 is 11.6 Å². The number of halogens is 1. The highest BCUT2D eigenvalue weighted by molar-refractivity contribution is 6.30. The van der Waals surface area contributed by atoms with Crippen molar-refractivity contribution in [2.75, 3.05) is 18.0 Å². The first kappa shape index (κ1) is 17.8. The van der Waals surface area contributed by atoms with E-state index in [0.717, 1.165) is 60.5 Å². The molecule has 7 heteroatoms. The van der Waals surface area contributed by atoms with Gasteiger partial charge in [0.1, 0.15) is 12.1 Å². The molecule has 6 nitrogen and oxygen atoms in total. The quantitative estimate of drug-likeness (QED) is 0.461. The van der Waals surface area contributed by atoms with Crippen LogP contribution in [0.5, 0.6) is 0 Å². The molecule has 0 amide bonds. The summed E-state index contributed by atoms with van der Waals surface area (Å²) < 4.78 is 5.64. The van der Waals surface area contributed by atoms with Crippen LogP contribution in [0.1, 0.15) is 31.1 Å². The van der Waals surface area contributed by atoms with Gasteiger partial charge in [-0.3, -0.25) is 0 Å². The third kappa shape index (κ3) is 2.94. The Morgan fingerprint density at radius 1 is 1.03 bits per heavy atom. The molecular formula is C23H20ClN5O.